The molecule has 4 nitrogen and oxygen atoms in total. The molecule has 4 heteroatoms. The molecule has 1 unspecified atom stereocenters. The smallest absolute Gasteiger partial charge is 0.251 e. The summed E-state index contributed by atoms with van der Waals surface area (Å²) in [6, 6.07) is 7.22. The molecule has 0 aliphatic heterocycles. The van der Waals surface area contributed by atoms with Crippen molar-refractivity contribution >= 4 is 11.8 Å². The minimum absolute atomic E-state index is 0.0205. The van der Waals surface area contributed by atoms with E-state index in [2.05, 4.69) is 31.4 Å². The molecule has 2 amide bonds. The van der Waals surface area contributed by atoms with E-state index >= 15 is 0 Å². The second-order valence-corrected chi connectivity index (χ2v) is 8.04. The van der Waals surface area contributed by atoms with Gasteiger partial charge in [-0.15, -0.1) is 0 Å². The first-order valence-electron chi connectivity index (χ1n) is 9.31. The van der Waals surface area contributed by atoms with Gasteiger partial charge in [-0.05, 0) is 41.9 Å². The van der Waals surface area contributed by atoms with Gasteiger partial charge in [-0.3, -0.25) is 9.59 Å². The summed E-state index contributed by atoms with van der Waals surface area (Å²) in [4.78, 5) is 25.1. The van der Waals surface area contributed by atoms with Crippen molar-refractivity contribution in [2.45, 2.75) is 78.8 Å². The molecule has 0 aliphatic carbocycles. The first-order chi connectivity index (χ1) is 11.6. The third kappa shape index (κ3) is 6.18. The Labute approximate surface area is 152 Å². The van der Waals surface area contributed by atoms with Gasteiger partial charge in [-0.2, -0.15) is 0 Å². The van der Waals surface area contributed by atoms with E-state index in [0.717, 1.165) is 12.8 Å². The summed E-state index contributed by atoms with van der Waals surface area (Å²) in [5.74, 6) is -0.297. The quantitative estimate of drug-likeness (QED) is 0.783. The molecular weight excluding hydrogens is 312 g/mol. The van der Waals surface area contributed by atoms with E-state index in [1.54, 1.807) is 0 Å². The number of carbonyl (C=O) groups is 2. The van der Waals surface area contributed by atoms with Gasteiger partial charge in [-0.1, -0.05) is 60.6 Å². The van der Waals surface area contributed by atoms with E-state index < -0.39 is 6.04 Å². The fraction of sp³-hybridized carbons (Fsp3) is 0.619. The number of hydrogen-bond donors (Lipinski definition) is 2. The Kier molecular flexibility index (Phi) is 7.65. The van der Waals surface area contributed by atoms with E-state index in [1.807, 2.05) is 52.0 Å². The van der Waals surface area contributed by atoms with Crippen LogP contribution in [0.3, 0.4) is 0 Å². The second kappa shape index (κ2) is 9.02. The van der Waals surface area contributed by atoms with Crippen LogP contribution in [0.5, 0.6) is 0 Å². The van der Waals surface area contributed by atoms with Crippen molar-refractivity contribution < 1.29 is 9.59 Å². The van der Waals surface area contributed by atoms with Crippen LogP contribution in [0.2, 0.25) is 0 Å². The Bertz CT molecular complexity index is 567. The van der Waals surface area contributed by atoms with Crippen molar-refractivity contribution in [1.82, 2.24) is 10.6 Å². The monoisotopic (exact) mass is 346 g/mol. The lowest BCUT2D eigenvalue weighted by atomic mass is 9.86. The van der Waals surface area contributed by atoms with Crippen LogP contribution < -0.4 is 10.6 Å². The predicted molar refractivity (Wildman–Crippen MR) is 104 cm³/mol. The highest BCUT2D eigenvalue weighted by Gasteiger charge is 2.26. The van der Waals surface area contributed by atoms with E-state index in [0.29, 0.717) is 5.56 Å². The second-order valence-electron chi connectivity index (χ2n) is 8.04. The zero-order valence-corrected chi connectivity index (χ0v) is 16.8. The lowest BCUT2D eigenvalue weighted by molar-refractivity contribution is -0.124. The van der Waals surface area contributed by atoms with E-state index in [-0.39, 0.29) is 29.2 Å². The van der Waals surface area contributed by atoms with E-state index in [4.69, 9.17) is 0 Å². The van der Waals surface area contributed by atoms with Crippen LogP contribution in [0.4, 0.5) is 0 Å². The molecule has 140 valence electrons. The third-order valence-corrected chi connectivity index (χ3v) is 4.58. The summed E-state index contributed by atoms with van der Waals surface area (Å²) in [7, 11) is 0. The van der Waals surface area contributed by atoms with Crippen molar-refractivity contribution in [2.75, 3.05) is 0 Å². The van der Waals surface area contributed by atoms with Gasteiger partial charge >= 0.3 is 0 Å². The molecule has 25 heavy (non-hydrogen) atoms. The molecule has 1 rings (SSSR count). The SMILES string of the molecule is CCC(CC)NC(=O)C(NC(=O)c1ccc(C(C)(C)C)cc1)C(C)C. The van der Waals surface area contributed by atoms with Crippen LogP contribution in [0.25, 0.3) is 0 Å². The summed E-state index contributed by atoms with van der Waals surface area (Å²) in [6.07, 6.45) is 1.77. The molecule has 0 aromatic heterocycles. The van der Waals surface area contributed by atoms with Gasteiger partial charge in [0.1, 0.15) is 6.04 Å². The Balaban J connectivity index is 2.84. The molecule has 0 bridgehead atoms. The van der Waals surface area contributed by atoms with Crippen molar-refractivity contribution in [2.24, 2.45) is 5.92 Å². The number of hydrogen-bond acceptors (Lipinski definition) is 2. The molecule has 2 N–H and O–H groups in total. The Hall–Kier alpha value is -1.84. The molecule has 0 spiro atoms. The Morgan fingerprint density at radius 2 is 1.48 bits per heavy atom. The first kappa shape index (κ1) is 21.2. The average molecular weight is 347 g/mol. The van der Waals surface area contributed by atoms with Crippen LogP contribution in [0, 0.1) is 5.92 Å². The average Bonchev–Trinajstić information content (AvgIpc) is 2.56. The summed E-state index contributed by atoms with van der Waals surface area (Å²) in [5, 5.41) is 5.92. The van der Waals surface area contributed by atoms with Gasteiger partial charge in [0.2, 0.25) is 5.91 Å². The molecule has 1 aromatic carbocycles. The third-order valence-electron chi connectivity index (χ3n) is 4.58. The Morgan fingerprint density at radius 1 is 0.960 bits per heavy atom. The van der Waals surface area contributed by atoms with Crippen LogP contribution in [-0.2, 0) is 10.2 Å². The highest BCUT2D eigenvalue weighted by molar-refractivity contribution is 5.97. The van der Waals surface area contributed by atoms with Gasteiger partial charge in [0.15, 0.2) is 0 Å². The zero-order valence-electron chi connectivity index (χ0n) is 16.8. The maximum Gasteiger partial charge on any atom is 0.251 e. The van der Waals surface area contributed by atoms with Gasteiger partial charge in [0.05, 0.1) is 0 Å². The molecule has 0 radical (unpaired) electrons. The van der Waals surface area contributed by atoms with Crippen molar-refractivity contribution in [3.63, 3.8) is 0 Å². The number of carbonyl (C=O) groups excluding carboxylic acids is 2. The molecule has 0 aliphatic rings. The molecule has 1 aromatic rings. The van der Waals surface area contributed by atoms with Crippen LogP contribution in [-0.4, -0.2) is 23.9 Å². The van der Waals surface area contributed by atoms with Crippen LogP contribution >= 0.6 is 0 Å². The van der Waals surface area contributed by atoms with Gasteiger partial charge in [0, 0.05) is 11.6 Å². The van der Waals surface area contributed by atoms with Gasteiger partial charge < -0.3 is 10.6 Å². The summed E-state index contributed by atoms with van der Waals surface area (Å²) >= 11 is 0. The summed E-state index contributed by atoms with van der Waals surface area (Å²) < 4.78 is 0. The maximum atomic E-state index is 12.6. The van der Waals surface area contributed by atoms with E-state index in [1.165, 1.54) is 5.56 Å². The number of amides is 2. The maximum absolute atomic E-state index is 12.6. The fourth-order valence-electron chi connectivity index (χ4n) is 2.66. The largest absolute Gasteiger partial charge is 0.352 e. The summed E-state index contributed by atoms with van der Waals surface area (Å²) in [6.45, 7) is 14.4. The number of benzene rings is 1. The Morgan fingerprint density at radius 3 is 1.88 bits per heavy atom. The standard InChI is InChI=1S/C21H34N2O2/c1-8-17(9-2)22-20(25)18(14(3)4)23-19(24)15-10-12-16(13-11-15)21(5,6)7/h10-14,17-18H,8-9H2,1-7H3,(H,22,25)(H,23,24). The van der Waals surface area contributed by atoms with Crippen LogP contribution in [0.15, 0.2) is 24.3 Å². The molecule has 0 fully saturated rings. The van der Waals surface area contributed by atoms with Crippen molar-refractivity contribution in [3.05, 3.63) is 35.4 Å². The van der Waals surface area contributed by atoms with Crippen LogP contribution in [0.1, 0.15) is 77.2 Å². The lowest BCUT2D eigenvalue weighted by Crippen LogP contribution is -2.51. The minimum atomic E-state index is -0.532. The number of rotatable bonds is 7. The minimum Gasteiger partial charge on any atom is -0.352 e. The van der Waals surface area contributed by atoms with E-state index in [9.17, 15) is 9.59 Å². The highest BCUT2D eigenvalue weighted by Crippen LogP contribution is 2.22. The first-order valence-corrected chi connectivity index (χ1v) is 9.31. The molecule has 0 saturated heterocycles. The van der Waals surface area contributed by atoms with Gasteiger partial charge in [0.25, 0.3) is 5.91 Å². The normalized spacial score (nSPS) is 13.0. The van der Waals surface area contributed by atoms with Crippen molar-refractivity contribution in [3.8, 4) is 0 Å². The van der Waals surface area contributed by atoms with Gasteiger partial charge in [-0.25, -0.2) is 0 Å². The fourth-order valence-corrected chi connectivity index (χ4v) is 2.66. The summed E-state index contributed by atoms with van der Waals surface area (Å²) in [5.41, 5.74) is 1.80. The zero-order chi connectivity index (χ0) is 19.2. The molecule has 1 atom stereocenters. The molecule has 0 heterocycles. The predicted octanol–water partition coefficient (Wildman–Crippen LogP) is 4.04. The molecule has 0 saturated carbocycles. The molecular formula is C21H34N2O2. The highest BCUT2D eigenvalue weighted by atomic mass is 16.2. The topological polar surface area (TPSA) is 58.2 Å². The number of nitrogens with one attached hydrogen (secondary N) is 2. The van der Waals surface area contributed by atoms with Crippen molar-refractivity contribution in [1.29, 1.82) is 0 Å². The lowest BCUT2D eigenvalue weighted by Gasteiger charge is -2.25.